The van der Waals surface area contributed by atoms with Crippen molar-refractivity contribution in [3.8, 4) is 0 Å². The number of hydrogen-bond donors (Lipinski definition) is 1. The minimum Gasteiger partial charge on any atom is -0.393 e. The molecule has 2 unspecified atom stereocenters. The van der Waals surface area contributed by atoms with Crippen molar-refractivity contribution in [2.45, 2.75) is 44.1 Å². The van der Waals surface area contributed by atoms with Crippen molar-refractivity contribution in [3.05, 3.63) is 35.4 Å². The van der Waals surface area contributed by atoms with Gasteiger partial charge in [0.25, 0.3) is 0 Å². The van der Waals surface area contributed by atoms with Gasteiger partial charge in [-0.25, -0.2) is 8.78 Å². The summed E-state index contributed by atoms with van der Waals surface area (Å²) in [7, 11) is 0. The zero-order valence-electron chi connectivity index (χ0n) is 9.13. The SMILES string of the molecule is OC1CCCCC(c2cc(F)ccc2F)C1. The number of aliphatic hydroxyl groups excluding tert-OH is 1. The van der Waals surface area contributed by atoms with Crippen LogP contribution in [0.5, 0.6) is 0 Å². The molecular formula is C13H16F2O. The second-order valence-corrected chi connectivity index (χ2v) is 4.54. The van der Waals surface area contributed by atoms with E-state index in [0.29, 0.717) is 12.0 Å². The zero-order valence-corrected chi connectivity index (χ0v) is 9.13. The second-order valence-electron chi connectivity index (χ2n) is 4.54. The molecule has 1 nitrogen and oxygen atoms in total. The van der Waals surface area contributed by atoms with Crippen LogP contribution < -0.4 is 0 Å². The lowest BCUT2D eigenvalue weighted by Gasteiger charge is -2.17. The van der Waals surface area contributed by atoms with Crippen molar-refractivity contribution in [3.63, 3.8) is 0 Å². The summed E-state index contributed by atoms with van der Waals surface area (Å²) >= 11 is 0. The summed E-state index contributed by atoms with van der Waals surface area (Å²) in [5.74, 6) is -0.816. The smallest absolute Gasteiger partial charge is 0.126 e. The van der Waals surface area contributed by atoms with Gasteiger partial charge in [0.05, 0.1) is 6.10 Å². The molecule has 0 heterocycles. The van der Waals surface area contributed by atoms with E-state index in [9.17, 15) is 13.9 Å². The number of hydrogen-bond acceptors (Lipinski definition) is 1. The fourth-order valence-corrected chi connectivity index (χ4v) is 2.44. The molecule has 1 N–H and O–H groups in total. The van der Waals surface area contributed by atoms with Crippen molar-refractivity contribution in [1.29, 1.82) is 0 Å². The number of benzene rings is 1. The number of halogens is 2. The van der Waals surface area contributed by atoms with Crippen molar-refractivity contribution in [1.82, 2.24) is 0 Å². The Balaban J connectivity index is 2.24. The molecule has 1 fully saturated rings. The topological polar surface area (TPSA) is 20.2 Å². The molecule has 3 heteroatoms. The molecule has 1 aromatic carbocycles. The van der Waals surface area contributed by atoms with Crippen LogP contribution in [0.1, 0.15) is 43.6 Å². The quantitative estimate of drug-likeness (QED) is 0.728. The summed E-state index contributed by atoms with van der Waals surface area (Å²) in [4.78, 5) is 0. The van der Waals surface area contributed by atoms with Gasteiger partial charge in [-0.2, -0.15) is 0 Å². The molecule has 0 bridgehead atoms. The Hall–Kier alpha value is -0.960. The van der Waals surface area contributed by atoms with E-state index in [-0.39, 0.29) is 17.8 Å². The third kappa shape index (κ3) is 2.59. The van der Waals surface area contributed by atoms with Crippen LogP contribution in [0.2, 0.25) is 0 Å². The van der Waals surface area contributed by atoms with Crippen LogP contribution >= 0.6 is 0 Å². The fraction of sp³-hybridized carbons (Fsp3) is 0.538. The lowest BCUT2D eigenvalue weighted by molar-refractivity contribution is 0.151. The highest BCUT2D eigenvalue weighted by Gasteiger charge is 2.22. The minimum atomic E-state index is -0.407. The maximum atomic E-state index is 13.6. The molecule has 1 aromatic rings. The van der Waals surface area contributed by atoms with Crippen LogP contribution in [0, 0.1) is 11.6 Å². The van der Waals surface area contributed by atoms with Gasteiger partial charge in [-0.05, 0) is 48.9 Å². The zero-order chi connectivity index (χ0) is 11.5. The van der Waals surface area contributed by atoms with Crippen molar-refractivity contribution in [2.24, 2.45) is 0 Å². The van der Waals surface area contributed by atoms with Crippen LogP contribution in [0.15, 0.2) is 18.2 Å². The van der Waals surface area contributed by atoms with Gasteiger partial charge in [-0.15, -0.1) is 0 Å². The maximum absolute atomic E-state index is 13.6. The van der Waals surface area contributed by atoms with Gasteiger partial charge < -0.3 is 5.11 Å². The van der Waals surface area contributed by atoms with Crippen LogP contribution in [-0.2, 0) is 0 Å². The summed E-state index contributed by atoms with van der Waals surface area (Å²) < 4.78 is 26.6. The van der Waals surface area contributed by atoms with Crippen LogP contribution in [0.3, 0.4) is 0 Å². The molecule has 0 spiro atoms. The predicted octanol–water partition coefficient (Wildman–Crippen LogP) is 3.37. The molecule has 1 saturated carbocycles. The van der Waals surface area contributed by atoms with Crippen molar-refractivity contribution in [2.75, 3.05) is 0 Å². The Labute approximate surface area is 94.1 Å². The summed E-state index contributed by atoms with van der Waals surface area (Å²) in [6, 6.07) is 3.56. The van der Waals surface area contributed by atoms with E-state index in [1.807, 2.05) is 0 Å². The average Bonchev–Trinajstić information content (AvgIpc) is 2.46. The minimum absolute atomic E-state index is 0.0480. The highest BCUT2D eigenvalue weighted by atomic mass is 19.1. The third-order valence-corrected chi connectivity index (χ3v) is 3.29. The molecule has 2 atom stereocenters. The standard InChI is InChI=1S/C13H16F2O/c14-10-5-6-13(15)12(8-10)9-3-1-2-4-11(16)7-9/h5-6,8-9,11,16H,1-4,7H2. The van der Waals surface area contributed by atoms with Gasteiger partial charge in [0.15, 0.2) is 0 Å². The van der Waals surface area contributed by atoms with E-state index >= 15 is 0 Å². The predicted molar refractivity (Wildman–Crippen MR) is 58.2 cm³/mol. The van der Waals surface area contributed by atoms with Gasteiger partial charge in [-0.1, -0.05) is 12.8 Å². The first-order chi connectivity index (χ1) is 7.66. The normalized spacial score (nSPS) is 26.4. The van der Waals surface area contributed by atoms with E-state index in [4.69, 9.17) is 0 Å². The summed E-state index contributed by atoms with van der Waals surface area (Å²) in [6.07, 6.45) is 3.70. The van der Waals surface area contributed by atoms with Crippen molar-refractivity contribution < 1.29 is 13.9 Å². The molecule has 1 aliphatic carbocycles. The van der Waals surface area contributed by atoms with Crippen LogP contribution in [0.25, 0.3) is 0 Å². The van der Waals surface area contributed by atoms with E-state index in [0.717, 1.165) is 31.7 Å². The monoisotopic (exact) mass is 226 g/mol. The van der Waals surface area contributed by atoms with Gasteiger partial charge in [-0.3, -0.25) is 0 Å². The third-order valence-electron chi connectivity index (χ3n) is 3.29. The second kappa shape index (κ2) is 4.91. The summed E-state index contributed by atoms with van der Waals surface area (Å²) in [6.45, 7) is 0. The van der Waals surface area contributed by atoms with Gasteiger partial charge in [0.1, 0.15) is 11.6 Å². The molecule has 88 valence electrons. The van der Waals surface area contributed by atoms with E-state index < -0.39 is 5.82 Å². The van der Waals surface area contributed by atoms with Gasteiger partial charge in [0, 0.05) is 0 Å². The number of aliphatic hydroxyl groups is 1. The Bertz CT molecular complexity index is 365. The Morgan fingerprint density at radius 3 is 2.69 bits per heavy atom. The molecule has 0 radical (unpaired) electrons. The van der Waals surface area contributed by atoms with Crippen LogP contribution in [0.4, 0.5) is 8.78 Å². The lowest BCUT2D eigenvalue weighted by atomic mass is 9.90. The molecule has 0 aromatic heterocycles. The van der Waals surface area contributed by atoms with Crippen LogP contribution in [-0.4, -0.2) is 11.2 Å². The molecule has 1 aliphatic rings. The van der Waals surface area contributed by atoms with E-state index in [2.05, 4.69) is 0 Å². The van der Waals surface area contributed by atoms with E-state index in [1.54, 1.807) is 0 Å². The molecular weight excluding hydrogens is 210 g/mol. The molecule has 0 amide bonds. The summed E-state index contributed by atoms with van der Waals surface area (Å²) in [5.41, 5.74) is 0.418. The first-order valence-corrected chi connectivity index (χ1v) is 5.80. The molecule has 0 saturated heterocycles. The highest BCUT2D eigenvalue weighted by molar-refractivity contribution is 5.23. The fourth-order valence-electron chi connectivity index (χ4n) is 2.44. The largest absolute Gasteiger partial charge is 0.393 e. The molecule has 2 rings (SSSR count). The maximum Gasteiger partial charge on any atom is 0.126 e. The molecule has 0 aliphatic heterocycles. The van der Waals surface area contributed by atoms with Gasteiger partial charge >= 0.3 is 0 Å². The number of rotatable bonds is 1. The lowest BCUT2D eigenvalue weighted by Crippen LogP contribution is -2.10. The highest BCUT2D eigenvalue weighted by Crippen LogP contribution is 2.33. The van der Waals surface area contributed by atoms with Crippen molar-refractivity contribution >= 4 is 0 Å². The first-order valence-electron chi connectivity index (χ1n) is 5.80. The van der Waals surface area contributed by atoms with Gasteiger partial charge in [0.2, 0.25) is 0 Å². The molecule has 16 heavy (non-hydrogen) atoms. The van der Waals surface area contributed by atoms with E-state index in [1.165, 1.54) is 12.1 Å². The Morgan fingerprint density at radius 2 is 1.88 bits per heavy atom. The average molecular weight is 226 g/mol. The Kier molecular flexibility index (Phi) is 3.54. The Morgan fingerprint density at radius 1 is 1.12 bits per heavy atom. The first kappa shape index (κ1) is 11.5. The summed E-state index contributed by atoms with van der Waals surface area (Å²) in [5, 5.41) is 9.66.